The van der Waals surface area contributed by atoms with Crippen molar-refractivity contribution in [2.75, 3.05) is 0 Å². The smallest absolute Gasteiger partial charge is 0.0928 e. The first-order valence-corrected chi connectivity index (χ1v) is 6.79. The molecular formula is C12H20N2S. The van der Waals surface area contributed by atoms with Gasteiger partial charge in [0, 0.05) is 17.5 Å². The Balaban J connectivity index is 1.89. The first kappa shape index (κ1) is 11.1. The highest BCUT2D eigenvalue weighted by molar-refractivity contribution is 7.11. The standard InChI is InChI=1S/C12H20N2S/c1-3-12-14-9(2)11(15-12)8-13-10-6-4-5-7-10/h10,13H,3-8H2,1-2H3. The lowest BCUT2D eigenvalue weighted by Crippen LogP contribution is -2.25. The molecule has 0 unspecified atom stereocenters. The minimum atomic E-state index is 0.761. The van der Waals surface area contributed by atoms with Crippen LogP contribution in [-0.2, 0) is 13.0 Å². The number of hydrogen-bond donors (Lipinski definition) is 1. The average Bonchev–Trinajstić information content (AvgIpc) is 2.84. The van der Waals surface area contributed by atoms with Crippen molar-refractivity contribution >= 4 is 11.3 Å². The second kappa shape index (κ2) is 5.08. The molecule has 2 nitrogen and oxygen atoms in total. The quantitative estimate of drug-likeness (QED) is 0.850. The van der Waals surface area contributed by atoms with E-state index in [-0.39, 0.29) is 0 Å². The first-order valence-electron chi connectivity index (χ1n) is 5.98. The Labute approximate surface area is 96.1 Å². The van der Waals surface area contributed by atoms with E-state index in [1.807, 2.05) is 11.3 Å². The van der Waals surface area contributed by atoms with E-state index in [1.165, 1.54) is 41.3 Å². The lowest BCUT2D eigenvalue weighted by Gasteiger charge is -2.10. The van der Waals surface area contributed by atoms with Gasteiger partial charge in [0.25, 0.3) is 0 Å². The lowest BCUT2D eigenvalue weighted by molar-refractivity contribution is 0.526. The Kier molecular flexibility index (Phi) is 3.76. The number of aryl methyl sites for hydroxylation is 2. The highest BCUT2D eigenvalue weighted by Crippen LogP contribution is 2.21. The van der Waals surface area contributed by atoms with E-state index in [0.717, 1.165) is 19.0 Å². The highest BCUT2D eigenvalue weighted by atomic mass is 32.1. The molecule has 84 valence electrons. The number of thiazole rings is 1. The zero-order valence-electron chi connectivity index (χ0n) is 9.68. The molecule has 1 heterocycles. The number of nitrogens with zero attached hydrogens (tertiary/aromatic N) is 1. The summed E-state index contributed by atoms with van der Waals surface area (Å²) in [5.41, 5.74) is 1.22. The van der Waals surface area contributed by atoms with Crippen LogP contribution >= 0.6 is 11.3 Å². The number of rotatable bonds is 4. The highest BCUT2D eigenvalue weighted by Gasteiger charge is 2.15. The molecule has 1 N–H and O–H groups in total. The van der Waals surface area contributed by atoms with Crippen molar-refractivity contribution in [3.63, 3.8) is 0 Å². The van der Waals surface area contributed by atoms with Crippen molar-refractivity contribution in [3.8, 4) is 0 Å². The van der Waals surface area contributed by atoms with Crippen LogP contribution in [0.5, 0.6) is 0 Å². The van der Waals surface area contributed by atoms with Crippen molar-refractivity contribution in [2.45, 2.75) is 58.5 Å². The van der Waals surface area contributed by atoms with Gasteiger partial charge in [-0.2, -0.15) is 0 Å². The van der Waals surface area contributed by atoms with E-state index < -0.39 is 0 Å². The Hall–Kier alpha value is -0.410. The fraction of sp³-hybridized carbons (Fsp3) is 0.750. The Morgan fingerprint density at radius 3 is 2.73 bits per heavy atom. The maximum absolute atomic E-state index is 4.55. The third kappa shape index (κ3) is 2.79. The van der Waals surface area contributed by atoms with E-state index in [2.05, 4.69) is 24.1 Å². The topological polar surface area (TPSA) is 24.9 Å². The van der Waals surface area contributed by atoms with Gasteiger partial charge >= 0.3 is 0 Å². The SMILES string of the molecule is CCc1nc(C)c(CNC2CCCC2)s1. The zero-order chi connectivity index (χ0) is 10.7. The summed E-state index contributed by atoms with van der Waals surface area (Å²) in [5.74, 6) is 0. The second-order valence-corrected chi connectivity index (χ2v) is 5.50. The van der Waals surface area contributed by atoms with E-state index in [4.69, 9.17) is 0 Å². The minimum absolute atomic E-state index is 0.761. The second-order valence-electron chi connectivity index (χ2n) is 4.33. The van der Waals surface area contributed by atoms with Gasteiger partial charge in [0.2, 0.25) is 0 Å². The van der Waals surface area contributed by atoms with Crippen LogP contribution in [0.1, 0.15) is 48.2 Å². The molecule has 0 spiro atoms. The fourth-order valence-corrected chi connectivity index (χ4v) is 3.13. The van der Waals surface area contributed by atoms with Gasteiger partial charge in [0.05, 0.1) is 10.7 Å². The van der Waals surface area contributed by atoms with E-state index in [9.17, 15) is 0 Å². The van der Waals surface area contributed by atoms with Gasteiger partial charge in [-0.05, 0) is 26.2 Å². The molecule has 1 aromatic rings. The maximum atomic E-state index is 4.55. The van der Waals surface area contributed by atoms with Crippen molar-refractivity contribution in [1.29, 1.82) is 0 Å². The molecule has 1 aromatic heterocycles. The van der Waals surface area contributed by atoms with Gasteiger partial charge in [-0.1, -0.05) is 19.8 Å². The van der Waals surface area contributed by atoms with Gasteiger partial charge in [-0.15, -0.1) is 11.3 Å². The van der Waals surface area contributed by atoms with Crippen molar-refractivity contribution in [2.24, 2.45) is 0 Å². The molecule has 0 saturated heterocycles. The molecule has 0 bridgehead atoms. The van der Waals surface area contributed by atoms with Gasteiger partial charge in [0.1, 0.15) is 0 Å². The van der Waals surface area contributed by atoms with Gasteiger partial charge in [0.15, 0.2) is 0 Å². The summed E-state index contributed by atoms with van der Waals surface area (Å²) in [6.07, 6.45) is 6.59. The van der Waals surface area contributed by atoms with Crippen LogP contribution in [-0.4, -0.2) is 11.0 Å². The number of nitrogens with one attached hydrogen (secondary N) is 1. The third-order valence-corrected chi connectivity index (χ3v) is 4.45. The Morgan fingerprint density at radius 2 is 2.13 bits per heavy atom. The summed E-state index contributed by atoms with van der Waals surface area (Å²) in [7, 11) is 0. The van der Waals surface area contributed by atoms with Crippen LogP contribution in [0.25, 0.3) is 0 Å². The largest absolute Gasteiger partial charge is 0.309 e. The minimum Gasteiger partial charge on any atom is -0.309 e. The fourth-order valence-electron chi connectivity index (χ4n) is 2.17. The zero-order valence-corrected chi connectivity index (χ0v) is 10.5. The van der Waals surface area contributed by atoms with E-state index in [1.54, 1.807) is 0 Å². The molecule has 0 aliphatic heterocycles. The Morgan fingerprint density at radius 1 is 1.40 bits per heavy atom. The summed E-state index contributed by atoms with van der Waals surface area (Å²) in [6, 6.07) is 0.761. The molecule has 1 saturated carbocycles. The van der Waals surface area contributed by atoms with Gasteiger partial charge in [-0.25, -0.2) is 4.98 Å². The van der Waals surface area contributed by atoms with Crippen LogP contribution in [0.2, 0.25) is 0 Å². The van der Waals surface area contributed by atoms with Crippen LogP contribution in [0, 0.1) is 6.92 Å². The maximum Gasteiger partial charge on any atom is 0.0928 e. The molecule has 1 fully saturated rings. The number of aromatic nitrogens is 1. The summed E-state index contributed by atoms with van der Waals surface area (Å²) in [5, 5.41) is 4.92. The molecule has 3 heteroatoms. The molecule has 1 aliphatic rings. The molecule has 2 rings (SSSR count). The van der Waals surface area contributed by atoms with Gasteiger partial charge in [-0.3, -0.25) is 0 Å². The van der Waals surface area contributed by atoms with E-state index >= 15 is 0 Å². The predicted molar refractivity (Wildman–Crippen MR) is 65.3 cm³/mol. The summed E-state index contributed by atoms with van der Waals surface area (Å²) < 4.78 is 0. The molecule has 0 aromatic carbocycles. The normalized spacial score (nSPS) is 17.5. The molecule has 0 radical (unpaired) electrons. The summed E-state index contributed by atoms with van der Waals surface area (Å²) in [4.78, 5) is 5.98. The van der Waals surface area contributed by atoms with Crippen LogP contribution in [0.15, 0.2) is 0 Å². The summed E-state index contributed by atoms with van der Waals surface area (Å²) >= 11 is 1.87. The van der Waals surface area contributed by atoms with Crippen molar-refractivity contribution < 1.29 is 0 Å². The monoisotopic (exact) mass is 224 g/mol. The first-order chi connectivity index (χ1) is 7.29. The predicted octanol–water partition coefficient (Wildman–Crippen LogP) is 3.05. The summed E-state index contributed by atoms with van der Waals surface area (Å²) in [6.45, 7) is 5.32. The van der Waals surface area contributed by atoms with Crippen LogP contribution in [0.4, 0.5) is 0 Å². The average molecular weight is 224 g/mol. The van der Waals surface area contributed by atoms with Crippen molar-refractivity contribution in [1.82, 2.24) is 10.3 Å². The molecule has 0 atom stereocenters. The molecule has 0 amide bonds. The van der Waals surface area contributed by atoms with Crippen LogP contribution < -0.4 is 5.32 Å². The molecule has 1 aliphatic carbocycles. The molecular weight excluding hydrogens is 204 g/mol. The third-order valence-electron chi connectivity index (χ3n) is 3.15. The van der Waals surface area contributed by atoms with Crippen LogP contribution in [0.3, 0.4) is 0 Å². The lowest BCUT2D eigenvalue weighted by atomic mass is 10.2. The van der Waals surface area contributed by atoms with E-state index in [0.29, 0.717) is 0 Å². The Bertz CT molecular complexity index is 313. The number of hydrogen-bond acceptors (Lipinski definition) is 3. The van der Waals surface area contributed by atoms with Crippen molar-refractivity contribution in [3.05, 3.63) is 15.6 Å². The van der Waals surface area contributed by atoms with Gasteiger partial charge < -0.3 is 5.32 Å². The molecule has 15 heavy (non-hydrogen) atoms.